The summed E-state index contributed by atoms with van der Waals surface area (Å²) in [6.07, 6.45) is 0. The molecule has 110 valence electrons. The van der Waals surface area contributed by atoms with Gasteiger partial charge in [-0.05, 0) is 46.0 Å². The van der Waals surface area contributed by atoms with Gasteiger partial charge in [0.2, 0.25) is 0 Å². The van der Waals surface area contributed by atoms with E-state index in [9.17, 15) is 10.0 Å². The van der Waals surface area contributed by atoms with Crippen LogP contribution in [0.2, 0.25) is 0 Å². The lowest BCUT2D eigenvalue weighted by molar-refractivity contribution is 0.476. The van der Waals surface area contributed by atoms with Crippen LogP contribution in [0.3, 0.4) is 0 Å². The second-order valence-corrected chi connectivity index (χ2v) is 6.10. The fraction of sp³-hybridized carbons (Fsp3) is 0.294. The number of anilines is 1. The summed E-state index contributed by atoms with van der Waals surface area (Å²) in [5.74, 6) is 0.215. The molecule has 0 radical (unpaired) electrons. The minimum Gasteiger partial charge on any atom is -0.506 e. The summed E-state index contributed by atoms with van der Waals surface area (Å²) < 4.78 is 0. The highest BCUT2D eigenvalue weighted by molar-refractivity contribution is 5.58. The van der Waals surface area contributed by atoms with Crippen molar-refractivity contribution < 1.29 is 5.11 Å². The first-order valence-corrected chi connectivity index (χ1v) is 6.90. The quantitative estimate of drug-likeness (QED) is 0.632. The number of phenols is 1. The van der Waals surface area contributed by atoms with Gasteiger partial charge < -0.3 is 10.4 Å². The lowest BCUT2D eigenvalue weighted by atomic mass is 9.87. The van der Waals surface area contributed by atoms with Gasteiger partial charge in [-0.2, -0.15) is 0 Å². The van der Waals surface area contributed by atoms with Crippen LogP contribution in [0.5, 0.6) is 5.75 Å². The Morgan fingerprint density at radius 2 is 1.90 bits per heavy atom. The summed E-state index contributed by atoms with van der Waals surface area (Å²) in [5.41, 5.74) is 3.19. The van der Waals surface area contributed by atoms with Crippen molar-refractivity contribution in [3.63, 3.8) is 0 Å². The summed E-state index contributed by atoms with van der Waals surface area (Å²) in [5, 5.41) is 16.1. The molecule has 4 nitrogen and oxygen atoms in total. The number of aromatic hydroxyl groups is 1. The zero-order valence-electron chi connectivity index (χ0n) is 12.6. The summed E-state index contributed by atoms with van der Waals surface area (Å²) in [7, 11) is 0. The van der Waals surface area contributed by atoms with E-state index in [2.05, 4.69) is 31.3 Å². The van der Waals surface area contributed by atoms with E-state index in [4.69, 9.17) is 0 Å². The van der Waals surface area contributed by atoms with Gasteiger partial charge in [0, 0.05) is 6.54 Å². The van der Waals surface area contributed by atoms with E-state index in [1.807, 2.05) is 18.2 Å². The van der Waals surface area contributed by atoms with E-state index < -0.39 is 0 Å². The highest BCUT2D eigenvalue weighted by Crippen LogP contribution is 2.31. The normalized spacial score (nSPS) is 11.2. The molecule has 0 fully saturated rings. The van der Waals surface area contributed by atoms with Crippen LogP contribution in [0, 0.1) is 4.91 Å². The molecule has 0 bridgehead atoms. The molecule has 2 rings (SSSR count). The molecule has 0 aliphatic heterocycles. The predicted molar refractivity (Wildman–Crippen MR) is 86.0 cm³/mol. The van der Waals surface area contributed by atoms with Gasteiger partial charge in [-0.25, -0.2) is 0 Å². The number of nitroso groups, excluding NO2 is 1. The van der Waals surface area contributed by atoms with Crippen molar-refractivity contribution in [3.05, 3.63) is 58.5 Å². The van der Waals surface area contributed by atoms with Crippen molar-refractivity contribution >= 4 is 11.4 Å². The Labute approximate surface area is 124 Å². The third-order valence-corrected chi connectivity index (χ3v) is 3.36. The summed E-state index contributed by atoms with van der Waals surface area (Å²) in [4.78, 5) is 10.5. The van der Waals surface area contributed by atoms with Crippen molar-refractivity contribution in [2.75, 3.05) is 5.32 Å². The van der Waals surface area contributed by atoms with E-state index in [1.54, 1.807) is 24.3 Å². The number of nitrogens with zero attached hydrogens (tertiary/aromatic N) is 1. The van der Waals surface area contributed by atoms with Gasteiger partial charge in [-0.15, -0.1) is 4.91 Å². The van der Waals surface area contributed by atoms with Crippen molar-refractivity contribution in [2.24, 2.45) is 5.18 Å². The lowest BCUT2D eigenvalue weighted by Crippen LogP contribution is -2.11. The Bertz CT molecular complexity index is 645. The molecule has 2 aromatic carbocycles. The molecule has 0 aliphatic rings. The van der Waals surface area contributed by atoms with Gasteiger partial charge in [0.1, 0.15) is 11.4 Å². The molecule has 0 saturated carbocycles. The molecule has 0 spiro atoms. The van der Waals surface area contributed by atoms with Gasteiger partial charge in [-0.1, -0.05) is 39.0 Å². The largest absolute Gasteiger partial charge is 0.506 e. The van der Waals surface area contributed by atoms with Crippen molar-refractivity contribution in [1.82, 2.24) is 0 Å². The SMILES string of the molecule is CC(C)(C)c1ccc(O)c(NCc2cccc(N=O)c2)c1. The molecular weight excluding hydrogens is 264 g/mol. The van der Waals surface area contributed by atoms with E-state index in [1.165, 1.54) is 0 Å². The maximum absolute atomic E-state index is 10.5. The first-order valence-electron chi connectivity index (χ1n) is 6.90. The molecule has 0 amide bonds. The standard InChI is InChI=1S/C17H20N2O2/c1-17(2,3)13-7-8-16(20)15(10-13)18-11-12-5-4-6-14(9-12)19-21/h4-10,18,20H,11H2,1-3H3. The molecular formula is C17H20N2O2. The van der Waals surface area contributed by atoms with Gasteiger partial charge in [0.05, 0.1) is 5.69 Å². The molecule has 4 heteroatoms. The minimum atomic E-state index is 0.0193. The summed E-state index contributed by atoms with van der Waals surface area (Å²) in [6, 6.07) is 12.7. The Morgan fingerprint density at radius 3 is 2.57 bits per heavy atom. The third kappa shape index (κ3) is 3.81. The monoisotopic (exact) mass is 284 g/mol. The lowest BCUT2D eigenvalue weighted by Gasteiger charge is -2.20. The minimum absolute atomic E-state index is 0.0193. The number of phenolic OH excluding ortho intramolecular Hbond substituents is 1. The van der Waals surface area contributed by atoms with Crippen LogP contribution < -0.4 is 5.32 Å². The maximum atomic E-state index is 10.5. The van der Waals surface area contributed by atoms with E-state index >= 15 is 0 Å². The molecule has 0 unspecified atom stereocenters. The topological polar surface area (TPSA) is 61.7 Å². The van der Waals surface area contributed by atoms with Crippen LogP contribution in [-0.4, -0.2) is 5.11 Å². The number of hydrogen-bond donors (Lipinski definition) is 2. The molecule has 2 N–H and O–H groups in total. The Balaban J connectivity index is 2.17. The summed E-state index contributed by atoms with van der Waals surface area (Å²) in [6.45, 7) is 6.90. The van der Waals surface area contributed by atoms with Crippen LogP contribution in [0.25, 0.3) is 0 Å². The zero-order valence-corrected chi connectivity index (χ0v) is 12.6. The number of rotatable bonds is 4. The highest BCUT2D eigenvalue weighted by Gasteiger charge is 2.15. The van der Waals surface area contributed by atoms with Gasteiger partial charge in [0.25, 0.3) is 0 Å². The molecule has 0 saturated heterocycles. The average Bonchev–Trinajstić information content (AvgIpc) is 2.45. The molecule has 0 heterocycles. The fourth-order valence-corrected chi connectivity index (χ4v) is 2.06. The van der Waals surface area contributed by atoms with E-state index in [0.717, 1.165) is 11.1 Å². The second kappa shape index (κ2) is 5.95. The highest BCUT2D eigenvalue weighted by atomic mass is 16.3. The van der Waals surface area contributed by atoms with Crippen LogP contribution in [0.15, 0.2) is 47.6 Å². The van der Waals surface area contributed by atoms with Crippen molar-refractivity contribution in [1.29, 1.82) is 0 Å². The zero-order chi connectivity index (χ0) is 15.5. The average molecular weight is 284 g/mol. The van der Waals surface area contributed by atoms with E-state index in [0.29, 0.717) is 17.9 Å². The van der Waals surface area contributed by atoms with Gasteiger partial charge in [-0.3, -0.25) is 0 Å². The van der Waals surface area contributed by atoms with Crippen molar-refractivity contribution in [3.8, 4) is 5.75 Å². The Kier molecular flexibility index (Phi) is 4.26. The number of hydrogen-bond acceptors (Lipinski definition) is 4. The maximum Gasteiger partial charge on any atom is 0.138 e. The predicted octanol–water partition coefficient (Wildman–Crippen LogP) is 4.70. The van der Waals surface area contributed by atoms with Crippen LogP contribution >= 0.6 is 0 Å². The van der Waals surface area contributed by atoms with Crippen molar-refractivity contribution in [2.45, 2.75) is 32.7 Å². The first kappa shape index (κ1) is 15.0. The van der Waals surface area contributed by atoms with E-state index in [-0.39, 0.29) is 11.2 Å². The summed E-state index contributed by atoms with van der Waals surface area (Å²) >= 11 is 0. The molecule has 2 aromatic rings. The van der Waals surface area contributed by atoms with Gasteiger partial charge in [0.15, 0.2) is 0 Å². The Morgan fingerprint density at radius 1 is 1.14 bits per heavy atom. The van der Waals surface area contributed by atoms with Crippen LogP contribution in [-0.2, 0) is 12.0 Å². The fourth-order valence-electron chi connectivity index (χ4n) is 2.06. The number of benzene rings is 2. The third-order valence-electron chi connectivity index (χ3n) is 3.36. The van der Waals surface area contributed by atoms with Crippen LogP contribution in [0.1, 0.15) is 31.9 Å². The Hall–Kier alpha value is -2.36. The second-order valence-electron chi connectivity index (χ2n) is 6.10. The van der Waals surface area contributed by atoms with Gasteiger partial charge >= 0.3 is 0 Å². The molecule has 0 aliphatic carbocycles. The van der Waals surface area contributed by atoms with Crippen LogP contribution in [0.4, 0.5) is 11.4 Å². The molecule has 0 atom stereocenters. The first-order chi connectivity index (χ1) is 9.90. The number of nitrogens with one attached hydrogen (secondary N) is 1. The smallest absolute Gasteiger partial charge is 0.138 e. The molecule has 21 heavy (non-hydrogen) atoms. The molecule has 0 aromatic heterocycles.